The van der Waals surface area contributed by atoms with Crippen LogP contribution in [0.25, 0.3) is 0 Å². The molecule has 0 saturated carbocycles. The van der Waals surface area contributed by atoms with E-state index in [1.807, 2.05) is 33.8 Å². The summed E-state index contributed by atoms with van der Waals surface area (Å²) in [4.78, 5) is 13.7. The molecule has 0 radical (unpaired) electrons. The van der Waals surface area contributed by atoms with E-state index in [-0.39, 0.29) is 17.5 Å². The first-order valence-electron chi connectivity index (χ1n) is 8.99. The third kappa shape index (κ3) is 3.70. The summed E-state index contributed by atoms with van der Waals surface area (Å²) < 4.78 is 2.03. The van der Waals surface area contributed by atoms with Crippen molar-refractivity contribution in [2.24, 2.45) is 0 Å². The second kappa shape index (κ2) is 6.54. The summed E-state index contributed by atoms with van der Waals surface area (Å²) in [6, 6.07) is 8.28. The van der Waals surface area contributed by atoms with Crippen LogP contribution in [-0.4, -0.2) is 22.2 Å². The van der Waals surface area contributed by atoms with Crippen LogP contribution in [0.2, 0.25) is 0 Å². The summed E-state index contributed by atoms with van der Waals surface area (Å²) in [6.07, 6.45) is 3.74. The van der Waals surface area contributed by atoms with Crippen LogP contribution in [-0.2, 0) is 10.3 Å². The van der Waals surface area contributed by atoms with Crippen molar-refractivity contribution in [1.82, 2.24) is 9.78 Å². The van der Waals surface area contributed by atoms with Crippen molar-refractivity contribution in [2.45, 2.75) is 59.0 Å². The Balaban J connectivity index is 1.72. The molecule has 1 amide bonds. The Bertz CT molecular complexity index is 755. The summed E-state index contributed by atoms with van der Waals surface area (Å²) in [7, 11) is 0. The average Bonchev–Trinajstić information content (AvgIpc) is 3.13. The molecular weight excluding hydrogens is 312 g/mol. The number of amides is 1. The second-order valence-electron chi connectivity index (χ2n) is 7.85. The van der Waals surface area contributed by atoms with Crippen molar-refractivity contribution in [1.29, 1.82) is 0 Å². The van der Waals surface area contributed by atoms with Crippen LogP contribution >= 0.6 is 0 Å². The maximum Gasteiger partial charge on any atom is 0.227 e. The van der Waals surface area contributed by atoms with Crippen LogP contribution < -0.4 is 10.2 Å². The molecule has 0 bridgehead atoms. The first-order valence-corrected chi connectivity index (χ1v) is 8.99. The molecule has 1 aromatic carbocycles. The molecule has 0 unspecified atom stereocenters. The fourth-order valence-electron chi connectivity index (χ4n) is 3.23. The smallest absolute Gasteiger partial charge is 0.227 e. The molecule has 5 heteroatoms. The third-order valence-corrected chi connectivity index (χ3v) is 4.73. The Morgan fingerprint density at radius 3 is 2.40 bits per heavy atom. The maximum absolute atomic E-state index is 11.8. The van der Waals surface area contributed by atoms with Gasteiger partial charge in [-0.15, -0.1) is 0 Å². The summed E-state index contributed by atoms with van der Waals surface area (Å²) in [5, 5.41) is 8.19. The standard InChI is InChI=1S/C20H28N4O/c1-14(18-13-24(20(3,4)5)22-15(18)2)21-16-8-10-17(11-9-16)23-12-6-7-19(23)25/h8-11,13-14,21H,6-7,12H2,1-5H3/t14-/m0/s1. The predicted molar refractivity (Wildman–Crippen MR) is 102 cm³/mol. The lowest BCUT2D eigenvalue weighted by Gasteiger charge is -2.19. The van der Waals surface area contributed by atoms with Gasteiger partial charge in [0.2, 0.25) is 5.91 Å². The molecule has 1 saturated heterocycles. The highest BCUT2D eigenvalue weighted by atomic mass is 16.2. The van der Waals surface area contributed by atoms with Gasteiger partial charge >= 0.3 is 0 Å². The van der Waals surface area contributed by atoms with E-state index in [0.29, 0.717) is 6.42 Å². The van der Waals surface area contributed by atoms with Crippen LogP contribution in [0, 0.1) is 6.92 Å². The monoisotopic (exact) mass is 340 g/mol. The van der Waals surface area contributed by atoms with E-state index < -0.39 is 0 Å². The first kappa shape index (κ1) is 17.5. The molecule has 1 aromatic heterocycles. The largest absolute Gasteiger partial charge is 0.378 e. The zero-order chi connectivity index (χ0) is 18.2. The van der Waals surface area contributed by atoms with E-state index in [0.717, 1.165) is 30.0 Å². The number of anilines is 2. The van der Waals surface area contributed by atoms with Crippen LogP contribution in [0.1, 0.15) is 57.8 Å². The highest BCUT2D eigenvalue weighted by Crippen LogP contribution is 2.27. The van der Waals surface area contributed by atoms with Crippen molar-refractivity contribution in [3.8, 4) is 0 Å². The van der Waals surface area contributed by atoms with Gasteiger partial charge in [-0.1, -0.05) is 0 Å². The molecule has 1 aliphatic heterocycles. The number of rotatable bonds is 4. The van der Waals surface area contributed by atoms with Crippen molar-refractivity contribution < 1.29 is 4.79 Å². The number of carbonyl (C=O) groups is 1. The normalized spacial score (nSPS) is 16.4. The molecule has 0 aliphatic carbocycles. The van der Waals surface area contributed by atoms with Crippen molar-refractivity contribution in [2.75, 3.05) is 16.8 Å². The summed E-state index contributed by atoms with van der Waals surface area (Å²) >= 11 is 0. The van der Waals surface area contributed by atoms with Gasteiger partial charge in [0.15, 0.2) is 0 Å². The Labute approximate surface area is 150 Å². The second-order valence-corrected chi connectivity index (χ2v) is 7.85. The Hall–Kier alpha value is -2.30. The van der Waals surface area contributed by atoms with Gasteiger partial charge in [0, 0.05) is 36.1 Å². The van der Waals surface area contributed by atoms with Gasteiger partial charge in [-0.2, -0.15) is 5.10 Å². The zero-order valence-electron chi connectivity index (χ0n) is 15.8. The van der Waals surface area contributed by atoms with Crippen LogP contribution in [0.15, 0.2) is 30.5 Å². The number of hydrogen-bond donors (Lipinski definition) is 1. The fraction of sp³-hybridized carbons (Fsp3) is 0.500. The summed E-state index contributed by atoms with van der Waals surface area (Å²) in [6.45, 7) is 11.5. The number of benzene rings is 1. The van der Waals surface area contributed by atoms with E-state index in [4.69, 9.17) is 0 Å². The molecule has 2 heterocycles. The molecular formula is C20H28N4O. The highest BCUT2D eigenvalue weighted by Gasteiger charge is 2.22. The minimum atomic E-state index is -0.0212. The molecule has 1 aliphatic rings. The maximum atomic E-state index is 11.8. The quantitative estimate of drug-likeness (QED) is 0.905. The Morgan fingerprint density at radius 1 is 1.20 bits per heavy atom. The molecule has 3 rings (SSSR count). The fourth-order valence-corrected chi connectivity index (χ4v) is 3.23. The number of aromatic nitrogens is 2. The third-order valence-electron chi connectivity index (χ3n) is 4.73. The predicted octanol–water partition coefficient (Wildman–Crippen LogP) is 4.25. The molecule has 5 nitrogen and oxygen atoms in total. The van der Waals surface area contributed by atoms with Gasteiger partial charge in [-0.3, -0.25) is 9.48 Å². The molecule has 25 heavy (non-hydrogen) atoms. The van der Waals surface area contributed by atoms with Gasteiger partial charge < -0.3 is 10.2 Å². The minimum Gasteiger partial charge on any atom is -0.378 e. The van der Waals surface area contributed by atoms with Gasteiger partial charge in [0.1, 0.15) is 0 Å². The molecule has 1 fully saturated rings. The van der Waals surface area contributed by atoms with Gasteiger partial charge in [-0.05, 0) is 65.3 Å². The van der Waals surface area contributed by atoms with Gasteiger partial charge in [-0.25, -0.2) is 0 Å². The summed E-state index contributed by atoms with van der Waals surface area (Å²) in [5.74, 6) is 0.222. The lowest BCUT2D eigenvalue weighted by atomic mass is 10.1. The minimum absolute atomic E-state index is 0.0212. The van der Waals surface area contributed by atoms with E-state index in [9.17, 15) is 4.79 Å². The SMILES string of the molecule is Cc1nn(C(C)(C)C)cc1[C@H](C)Nc1ccc(N2CCCC2=O)cc1. The zero-order valence-corrected chi connectivity index (χ0v) is 15.8. The lowest BCUT2D eigenvalue weighted by Crippen LogP contribution is -2.23. The molecule has 134 valence electrons. The molecule has 2 aromatic rings. The number of hydrogen-bond acceptors (Lipinski definition) is 3. The van der Waals surface area contributed by atoms with Crippen molar-refractivity contribution in [3.05, 3.63) is 41.7 Å². The van der Waals surface area contributed by atoms with Crippen LogP contribution in [0.3, 0.4) is 0 Å². The van der Waals surface area contributed by atoms with E-state index in [1.165, 1.54) is 5.56 Å². The number of nitrogens with zero attached hydrogens (tertiary/aromatic N) is 3. The summed E-state index contributed by atoms with van der Waals surface area (Å²) in [5.41, 5.74) is 4.26. The Kier molecular flexibility index (Phi) is 4.58. The van der Waals surface area contributed by atoms with E-state index in [2.05, 4.69) is 51.2 Å². The average molecular weight is 340 g/mol. The van der Waals surface area contributed by atoms with E-state index in [1.54, 1.807) is 0 Å². The van der Waals surface area contributed by atoms with Crippen LogP contribution in [0.5, 0.6) is 0 Å². The topological polar surface area (TPSA) is 50.2 Å². The van der Waals surface area contributed by atoms with Crippen molar-refractivity contribution >= 4 is 17.3 Å². The Morgan fingerprint density at radius 2 is 1.88 bits per heavy atom. The van der Waals surface area contributed by atoms with E-state index >= 15 is 0 Å². The molecule has 0 spiro atoms. The number of carbonyl (C=O) groups excluding carboxylic acids is 1. The van der Waals surface area contributed by atoms with Crippen molar-refractivity contribution in [3.63, 3.8) is 0 Å². The lowest BCUT2D eigenvalue weighted by molar-refractivity contribution is -0.117. The van der Waals surface area contributed by atoms with Gasteiger partial charge in [0.25, 0.3) is 0 Å². The highest BCUT2D eigenvalue weighted by molar-refractivity contribution is 5.95. The molecule has 1 atom stereocenters. The van der Waals surface area contributed by atoms with Crippen LogP contribution in [0.4, 0.5) is 11.4 Å². The first-order chi connectivity index (χ1) is 11.8. The van der Waals surface area contributed by atoms with Gasteiger partial charge in [0.05, 0.1) is 17.3 Å². The molecule has 1 N–H and O–H groups in total. The number of aryl methyl sites for hydroxylation is 1. The number of nitrogens with one attached hydrogen (secondary N) is 1.